The predicted octanol–water partition coefficient (Wildman–Crippen LogP) is 1.99. The fourth-order valence-electron chi connectivity index (χ4n) is 2.43. The molecule has 5 atom stereocenters. The lowest BCUT2D eigenvalue weighted by atomic mass is 9.77. The maximum absolute atomic E-state index is 13.6. The van der Waals surface area contributed by atoms with Crippen molar-refractivity contribution in [2.75, 3.05) is 7.11 Å². The minimum atomic E-state index is -1.15. The minimum Gasteiger partial charge on any atom is -0.469 e. The molecule has 1 aliphatic rings. The Morgan fingerprint density at radius 3 is 2.65 bits per heavy atom. The van der Waals surface area contributed by atoms with E-state index in [1.807, 2.05) is 0 Å². The van der Waals surface area contributed by atoms with E-state index < -0.39 is 18.4 Å². The number of esters is 1. The first-order valence-corrected chi connectivity index (χ1v) is 6.04. The summed E-state index contributed by atoms with van der Waals surface area (Å²) >= 11 is 0. The van der Waals surface area contributed by atoms with Crippen molar-refractivity contribution in [2.45, 2.75) is 51.0 Å². The van der Waals surface area contributed by atoms with Gasteiger partial charge in [0, 0.05) is 12.5 Å². The molecule has 0 aromatic rings. The molecule has 1 saturated carbocycles. The molecule has 5 heteroatoms. The van der Waals surface area contributed by atoms with E-state index in [-0.39, 0.29) is 30.6 Å². The van der Waals surface area contributed by atoms with E-state index in [0.29, 0.717) is 12.8 Å². The third kappa shape index (κ3) is 4.22. The lowest BCUT2D eigenvalue weighted by Crippen LogP contribution is -2.37. The van der Waals surface area contributed by atoms with Gasteiger partial charge >= 0.3 is 5.97 Å². The van der Waals surface area contributed by atoms with Crippen LogP contribution >= 0.6 is 0 Å². The Morgan fingerprint density at radius 2 is 2.06 bits per heavy atom. The standard InChI is InChI=1S/C12H21F2NO2/c1-7-3-8(11(14)6-10(7)13)4-9(15)5-12(16)17-2/h7-11H,3-6,15H2,1-2H3. The van der Waals surface area contributed by atoms with E-state index in [0.717, 1.165) is 0 Å². The van der Waals surface area contributed by atoms with Gasteiger partial charge in [0.1, 0.15) is 12.3 Å². The predicted molar refractivity (Wildman–Crippen MR) is 60.9 cm³/mol. The van der Waals surface area contributed by atoms with Crippen molar-refractivity contribution >= 4 is 5.97 Å². The van der Waals surface area contributed by atoms with E-state index in [9.17, 15) is 13.6 Å². The molecule has 0 radical (unpaired) electrons. The zero-order chi connectivity index (χ0) is 13.0. The summed E-state index contributed by atoms with van der Waals surface area (Å²) in [6, 6.07) is -0.408. The smallest absolute Gasteiger partial charge is 0.307 e. The normalized spacial score (nSPS) is 35.4. The highest BCUT2D eigenvalue weighted by atomic mass is 19.1. The molecule has 0 spiro atoms. The van der Waals surface area contributed by atoms with Crippen molar-refractivity contribution in [3.05, 3.63) is 0 Å². The average molecular weight is 249 g/mol. The van der Waals surface area contributed by atoms with Crippen LogP contribution in [0.2, 0.25) is 0 Å². The highest BCUT2D eigenvalue weighted by molar-refractivity contribution is 5.69. The average Bonchev–Trinajstić information content (AvgIpc) is 2.25. The van der Waals surface area contributed by atoms with Gasteiger partial charge in [0.2, 0.25) is 0 Å². The van der Waals surface area contributed by atoms with Crippen LogP contribution in [0, 0.1) is 11.8 Å². The number of ether oxygens (including phenoxy) is 1. The molecule has 1 aliphatic carbocycles. The van der Waals surface area contributed by atoms with Gasteiger partial charge in [0.25, 0.3) is 0 Å². The van der Waals surface area contributed by atoms with Crippen LogP contribution in [0.5, 0.6) is 0 Å². The molecule has 0 aromatic heterocycles. The number of carbonyl (C=O) groups is 1. The second-order valence-corrected chi connectivity index (χ2v) is 5.02. The van der Waals surface area contributed by atoms with Crippen LogP contribution in [0.1, 0.15) is 32.6 Å². The Bertz CT molecular complexity index is 263. The molecular formula is C12H21F2NO2. The number of nitrogens with two attached hydrogens (primary N) is 1. The Balaban J connectivity index is 2.42. The first-order valence-electron chi connectivity index (χ1n) is 6.04. The summed E-state index contributed by atoms with van der Waals surface area (Å²) < 4.78 is 31.4. The number of alkyl halides is 2. The topological polar surface area (TPSA) is 52.3 Å². The molecule has 5 unspecified atom stereocenters. The van der Waals surface area contributed by atoms with Crippen molar-refractivity contribution in [1.82, 2.24) is 0 Å². The molecule has 17 heavy (non-hydrogen) atoms. The Hall–Kier alpha value is -0.710. The first kappa shape index (κ1) is 14.4. The third-order valence-electron chi connectivity index (χ3n) is 3.52. The van der Waals surface area contributed by atoms with Crippen LogP contribution in [0.3, 0.4) is 0 Å². The summed E-state index contributed by atoms with van der Waals surface area (Å²) in [5, 5.41) is 0. The fraction of sp³-hybridized carbons (Fsp3) is 0.917. The largest absolute Gasteiger partial charge is 0.469 e. The molecule has 0 aliphatic heterocycles. The molecular weight excluding hydrogens is 228 g/mol. The summed E-state index contributed by atoms with van der Waals surface area (Å²) in [5.41, 5.74) is 5.76. The molecule has 0 saturated heterocycles. The van der Waals surface area contributed by atoms with Gasteiger partial charge in [-0.15, -0.1) is 0 Å². The van der Waals surface area contributed by atoms with Crippen molar-refractivity contribution < 1.29 is 18.3 Å². The van der Waals surface area contributed by atoms with Gasteiger partial charge in [-0.2, -0.15) is 0 Å². The summed E-state index contributed by atoms with van der Waals surface area (Å²) in [7, 11) is 1.30. The highest BCUT2D eigenvalue weighted by Gasteiger charge is 2.36. The number of hydrogen-bond acceptors (Lipinski definition) is 3. The Labute approximate surface area is 101 Å². The zero-order valence-electron chi connectivity index (χ0n) is 10.4. The van der Waals surface area contributed by atoms with Gasteiger partial charge in [-0.3, -0.25) is 4.79 Å². The van der Waals surface area contributed by atoms with Crippen LogP contribution < -0.4 is 5.73 Å². The maximum Gasteiger partial charge on any atom is 0.307 e. The van der Waals surface area contributed by atoms with Gasteiger partial charge in [-0.25, -0.2) is 8.78 Å². The Morgan fingerprint density at radius 1 is 1.41 bits per heavy atom. The summed E-state index contributed by atoms with van der Waals surface area (Å²) in [6.07, 6.45) is -1.25. The van der Waals surface area contributed by atoms with Crippen LogP contribution in [0.15, 0.2) is 0 Å². The molecule has 3 nitrogen and oxygen atoms in total. The van der Waals surface area contributed by atoms with Crippen LogP contribution in [-0.4, -0.2) is 31.5 Å². The second-order valence-electron chi connectivity index (χ2n) is 5.02. The molecule has 0 amide bonds. The fourth-order valence-corrected chi connectivity index (χ4v) is 2.43. The number of carbonyl (C=O) groups excluding carboxylic acids is 1. The number of halogens is 2. The van der Waals surface area contributed by atoms with Crippen molar-refractivity contribution in [3.8, 4) is 0 Å². The van der Waals surface area contributed by atoms with Crippen LogP contribution in [0.25, 0.3) is 0 Å². The number of hydrogen-bond donors (Lipinski definition) is 1. The van der Waals surface area contributed by atoms with Crippen LogP contribution in [-0.2, 0) is 9.53 Å². The molecule has 100 valence electrons. The summed E-state index contributed by atoms with van der Waals surface area (Å²) in [6.45, 7) is 1.79. The van der Waals surface area contributed by atoms with E-state index in [1.54, 1.807) is 6.92 Å². The minimum absolute atomic E-state index is 0.0449. The van der Waals surface area contributed by atoms with E-state index in [2.05, 4.69) is 4.74 Å². The SMILES string of the molecule is COC(=O)CC(N)CC1CC(C)C(F)CC1F. The van der Waals surface area contributed by atoms with E-state index in [1.165, 1.54) is 7.11 Å². The van der Waals surface area contributed by atoms with E-state index >= 15 is 0 Å². The molecule has 0 heterocycles. The molecule has 2 N–H and O–H groups in total. The van der Waals surface area contributed by atoms with Gasteiger partial charge in [-0.1, -0.05) is 6.92 Å². The third-order valence-corrected chi connectivity index (χ3v) is 3.52. The van der Waals surface area contributed by atoms with E-state index in [4.69, 9.17) is 5.73 Å². The second kappa shape index (κ2) is 6.28. The molecule has 0 bridgehead atoms. The van der Waals surface area contributed by atoms with Gasteiger partial charge in [0.15, 0.2) is 0 Å². The van der Waals surface area contributed by atoms with Gasteiger partial charge in [-0.05, 0) is 24.7 Å². The van der Waals surface area contributed by atoms with Crippen molar-refractivity contribution in [2.24, 2.45) is 17.6 Å². The van der Waals surface area contributed by atoms with Gasteiger partial charge < -0.3 is 10.5 Å². The zero-order valence-corrected chi connectivity index (χ0v) is 10.4. The lowest BCUT2D eigenvalue weighted by molar-refractivity contribution is -0.141. The number of methoxy groups -OCH3 is 1. The summed E-state index contributed by atoms with van der Waals surface area (Å²) in [5.74, 6) is -0.755. The lowest BCUT2D eigenvalue weighted by Gasteiger charge is -2.33. The van der Waals surface area contributed by atoms with Crippen molar-refractivity contribution in [3.63, 3.8) is 0 Å². The van der Waals surface area contributed by atoms with Crippen LogP contribution in [0.4, 0.5) is 8.78 Å². The highest BCUT2D eigenvalue weighted by Crippen LogP contribution is 2.35. The van der Waals surface area contributed by atoms with Crippen molar-refractivity contribution in [1.29, 1.82) is 0 Å². The molecule has 0 aromatic carbocycles. The monoisotopic (exact) mass is 249 g/mol. The summed E-state index contributed by atoms with van der Waals surface area (Å²) in [4.78, 5) is 11.0. The molecule has 1 rings (SSSR count). The first-order chi connectivity index (χ1) is 7.93. The Kier molecular flexibility index (Phi) is 5.31. The quantitative estimate of drug-likeness (QED) is 0.775. The molecule has 1 fully saturated rings. The van der Waals surface area contributed by atoms with Gasteiger partial charge in [0.05, 0.1) is 13.5 Å². The number of rotatable bonds is 4. The maximum atomic E-state index is 13.6.